The van der Waals surface area contributed by atoms with Crippen LogP contribution in [0.15, 0.2) is 112 Å². The Morgan fingerprint density at radius 1 is 0.826 bits per heavy atom. The number of nitrogens with one attached hydrogen (secondary N) is 1. The number of hydrogen-bond donors (Lipinski definition) is 1. The van der Waals surface area contributed by atoms with Crippen LogP contribution >= 0.6 is 15.9 Å². The molecule has 0 aromatic heterocycles. The number of amides is 2. The van der Waals surface area contributed by atoms with Crippen LogP contribution in [0.3, 0.4) is 0 Å². The third-order valence-corrected chi connectivity index (χ3v) is 10.7. The predicted octanol–water partition coefficient (Wildman–Crippen LogP) is 6.96. The Balaban J connectivity index is 1.57. The molecule has 4 aromatic carbocycles. The molecule has 46 heavy (non-hydrogen) atoms. The summed E-state index contributed by atoms with van der Waals surface area (Å²) in [7, 11) is -4.14. The summed E-state index contributed by atoms with van der Waals surface area (Å²) in [6.45, 7) is 3.45. The van der Waals surface area contributed by atoms with Crippen molar-refractivity contribution in [3.63, 3.8) is 0 Å². The second-order valence-corrected chi connectivity index (χ2v) is 14.8. The van der Waals surface area contributed by atoms with Gasteiger partial charge in [0.15, 0.2) is 0 Å². The van der Waals surface area contributed by atoms with Crippen molar-refractivity contribution in [2.75, 3.05) is 10.8 Å². The van der Waals surface area contributed by atoms with Gasteiger partial charge in [0, 0.05) is 23.5 Å². The number of nitrogens with zero attached hydrogens (tertiary/aromatic N) is 2. The number of benzene rings is 4. The molecule has 0 radical (unpaired) electrons. The van der Waals surface area contributed by atoms with Crippen LogP contribution in [0.4, 0.5) is 5.69 Å². The van der Waals surface area contributed by atoms with Gasteiger partial charge in [-0.05, 0) is 85.3 Å². The van der Waals surface area contributed by atoms with Gasteiger partial charge in [0.2, 0.25) is 11.8 Å². The second-order valence-electron chi connectivity index (χ2n) is 12.0. The van der Waals surface area contributed by atoms with Crippen LogP contribution in [0.25, 0.3) is 0 Å². The minimum absolute atomic E-state index is 0.0561. The molecule has 1 saturated carbocycles. The van der Waals surface area contributed by atoms with Crippen molar-refractivity contribution in [3.8, 4) is 0 Å². The lowest BCUT2D eigenvalue weighted by atomic mass is 10.0. The summed E-state index contributed by atoms with van der Waals surface area (Å²) in [4.78, 5) is 30.4. The van der Waals surface area contributed by atoms with Crippen molar-refractivity contribution >= 4 is 43.5 Å². The lowest BCUT2D eigenvalue weighted by Crippen LogP contribution is -2.54. The number of aryl methyl sites for hydroxylation is 2. The molecule has 5 rings (SSSR count). The van der Waals surface area contributed by atoms with Crippen LogP contribution in [0, 0.1) is 13.8 Å². The van der Waals surface area contributed by atoms with Gasteiger partial charge in [-0.15, -0.1) is 0 Å². The number of sulfonamides is 1. The zero-order valence-corrected chi connectivity index (χ0v) is 28.6. The first-order valence-electron chi connectivity index (χ1n) is 15.6. The highest BCUT2D eigenvalue weighted by Gasteiger charge is 2.35. The Labute approximate surface area is 280 Å². The van der Waals surface area contributed by atoms with E-state index in [0.29, 0.717) is 5.69 Å². The van der Waals surface area contributed by atoms with Crippen LogP contribution in [0.2, 0.25) is 0 Å². The smallest absolute Gasteiger partial charge is 0.264 e. The molecule has 2 amide bonds. The van der Waals surface area contributed by atoms with Crippen molar-refractivity contribution in [2.24, 2.45) is 0 Å². The van der Waals surface area contributed by atoms with Crippen LogP contribution in [0.1, 0.15) is 47.9 Å². The number of halogens is 1. The van der Waals surface area contributed by atoms with Gasteiger partial charge >= 0.3 is 0 Å². The normalized spacial score (nSPS) is 14.1. The molecule has 1 N–H and O–H groups in total. The molecule has 0 saturated heterocycles. The molecule has 9 heteroatoms. The largest absolute Gasteiger partial charge is 0.352 e. The maximum absolute atomic E-state index is 14.6. The van der Waals surface area contributed by atoms with E-state index < -0.39 is 28.5 Å². The second kappa shape index (κ2) is 15.1. The summed E-state index contributed by atoms with van der Waals surface area (Å²) < 4.78 is 30.5. The first-order chi connectivity index (χ1) is 22.1. The molecule has 0 bridgehead atoms. The van der Waals surface area contributed by atoms with E-state index in [0.717, 1.165) is 52.4 Å². The van der Waals surface area contributed by atoms with Crippen LogP contribution in [0.5, 0.6) is 0 Å². The molecule has 7 nitrogen and oxygen atoms in total. The van der Waals surface area contributed by atoms with Gasteiger partial charge in [0.05, 0.1) is 10.6 Å². The van der Waals surface area contributed by atoms with Crippen molar-refractivity contribution in [3.05, 3.63) is 130 Å². The summed E-state index contributed by atoms with van der Waals surface area (Å²) in [5.74, 6) is -0.700. The molecular weight excluding hydrogens is 662 g/mol. The van der Waals surface area contributed by atoms with Gasteiger partial charge < -0.3 is 10.2 Å². The highest BCUT2D eigenvalue weighted by molar-refractivity contribution is 9.10. The Morgan fingerprint density at radius 2 is 1.41 bits per heavy atom. The van der Waals surface area contributed by atoms with E-state index in [9.17, 15) is 18.0 Å². The zero-order chi connectivity index (χ0) is 32.7. The first kappa shape index (κ1) is 33.4. The van der Waals surface area contributed by atoms with E-state index in [2.05, 4.69) is 21.2 Å². The summed E-state index contributed by atoms with van der Waals surface area (Å²) in [6, 6.07) is 30.1. The number of hydrogen-bond acceptors (Lipinski definition) is 4. The summed E-state index contributed by atoms with van der Waals surface area (Å²) in [6.07, 6.45) is 4.20. The Bertz CT molecular complexity index is 1720. The average molecular weight is 703 g/mol. The SMILES string of the molecule is Cc1cc(C)cc(N(CC(=O)N(Cc2ccc(Br)cc2)C(Cc2ccccc2)C(=O)NC2CCCC2)S(=O)(=O)c2ccccc2)c1. The van der Waals surface area contributed by atoms with E-state index in [-0.39, 0.29) is 29.8 Å². The van der Waals surface area contributed by atoms with E-state index in [4.69, 9.17) is 0 Å². The molecular formula is C37H40BrN3O4S. The van der Waals surface area contributed by atoms with Crippen molar-refractivity contribution in [2.45, 2.75) is 69.5 Å². The van der Waals surface area contributed by atoms with Crippen LogP contribution in [-0.2, 0) is 32.6 Å². The van der Waals surface area contributed by atoms with Gasteiger partial charge in [0.25, 0.3) is 10.0 Å². The molecule has 4 aromatic rings. The van der Waals surface area contributed by atoms with E-state index in [1.54, 1.807) is 35.2 Å². The Hall–Kier alpha value is -3.95. The maximum Gasteiger partial charge on any atom is 0.264 e. The fourth-order valence-corrected chi connectivity index (χ4v) is 7.73. The summed E-state index contributed by atoms with van der Waals surface area (Å²) >= 11 is 3.48. The van der Waals surface area contributed by atoms with E-state index in [1.807, 2.05) is 74.5 Å². The Morgan fingerprint density at radius 3 is 2.02 bits per heavy atom. The van der Waals surface area contributed by atoms with E-state index in [1.165, 1.54) is 16.4 Å². The topological polar surface area (TPSA) is 86.8 Å². The molecule has 1 fully saturated rings. The molecule has 1 atom stereocenters. The minimum Gasteiger partial charge on any atom is -0.352 e. The van der Waals surface area contributed by atoms with Gasteiger partial charge in [-0.2, -0.15) is 0 Å². The van der Waals surface area contributed by atoms with Gasteiger partial charge in [-0.1, -0.05) is 95.5 Å². The van der Waals surface area contributed by atoms with Gasteiger partial charge in [0.1, 0.15) is 12.6 Å². The minimum atomic E-state index is -4.14. The lowest BCUT2D eigenvalue weighted by molar-refractivity contribution is -0.140. The first-order valence-corrected chi connectivity index (χ1v) is 17.9. The van der Waals surface area contributed by atoms with Gasteiger partial charge in [-0.25, -0.2) is 8.42 Å². The Kier molecular flexibility index (Phi) is 11.0. The van der Waals surface area contributed by atoms with Crippen LogP contribution in [-0.4, -0.2) is 43.8 Å². The van der Waals surface area contributed by atoms with Crippen molar-refractivity contribution < 1.29 is 18.0 Å². The highest BCUT2D eigenvalue weighted by atomic mass is 79.9. The third kappa shape index (κ3) is 8.44. The number of carbonyl (C=O) groups is 2. The number of anilines is 1. The lowest BCUT2D eigenvalue weighted by Gasteiger charge is -2.34. The highest BCUT2D eigenvalue weighted by Crippen LogP contribution is 2.27. The summed E-state index contributed by atoms with van der Waals surface area (Å²) in [5.41, 5.74) is 3.88. The summed E-state index contributed by atoms with van der Waals surface area (Å²) in [5, 5.41) is 3.21. The van der Waals surface area contributed by atoms with E-state index >= 15 is 0 Å². The number of rotatable bonds is 12. The molecule has 1 aliphatic rings. The maximum atomic E-state index is 14.6. The molecule has 240 valence electrons. The molecule has 1 aliphatic carbocycles. The fraction of sp³-hybridized carbons (Fsp3) is 0.297. The van der Waals surface area contributed by atoms with Crippen molar-refractivity contribution in [1.29, 1.82) is 0 Å². The van der Waals surface area contributed by atoms with Crippen LogP contribution < -0.4 is 9.62 Å². The molecule has 1 unspecified atom stereocenters. The predicted molar refractivity (Wildman–Crippen MR) is 186 cm³/mol. The molecule has 0 aliphatic heterocycles. The van der Waals surface area contributed by atoms with Crippen molar-refractivity contribution in [1.82, 2.24) is 10.2 Å². The number of carbonyl (C=O) groups excluding carboxylic acids is 2. The average Bonchev–Trinajstić information content (AvgIpc) is 3.55. The monoisotopic (exact) mass is 701 g/mol. The third-order valence-electron chi connectivity index (χ3n) is 8.34. The molecule has 0 spiro atoms. The zero-order valence-electron chi connectivity index (χ0n) is 26.2. The quantitative estimate of drug-likeness (QED) is 0.173. The molecule has 0 heterocycles. The van der Waals surface area contributed by atoms with Gasteiger partial charge in [-0.3, -0.25) is 13.9 Å². The fourth-order valence-electron chi connectivity index (χ4n) is 6.05. The standard InChI is InChI=1S/C37H40BrN3O4S/c1-27-21-28(2)23-33(22-27)41(46(44,45)34-15-7-4-8-16-34)26-36(42)40(25-30-17-19-31(38)20-18-30)35(24-29-11-5-3-6-12-29)37(43)39-32-13-9-10-14-32/h3-8,11-12,15-23,32,35H,9-10,13-14,24-26H2,1-2H3,(H,39,43).